The van der Waals surface area contributed by atoms with Crippen molar-refractivity contribution in [2.45, 2.75) is 18.9 Å². The number of benzene rings is 1. The maximum Gasteiger partial charge on any atom is 0.224 e. The minimum atomic E-state index is -3.25. The highest BCUT2D eigenvalue weighted by molar-refractivity contribution is 7.88. The summed E-state index contributed by atoms with van der Waals surface area (Å²) >= 11 is 0. The molecule has 174 valence electrons. The minimum absolute atomic E-state index is 0.0982. The summed E-state index contributed by atoms with van der Waals surface area (Å²) < 4.78 is 63.1. The van der Waals surface area contributed by atoms with Gasteiger partial charge < -0.3 is 20.5 Å². The zero-order valence-corrected chi connectivity index (χ0v) is 18.5. The molecular weight excluding hydrogens is 448 g/mol. The number of nitrogens with zero attached hydrogens (tertiary/aromatic N) is 3. The zero-order chi connectivity index (χ0) is 23.6. The second kappa shape index (κ2) is 9.20. The number of methoxy groups -OCH3 is 2. The Morgan fingerprint density at radius 2 is 1.91 bits per heavy atom. The quantitative estimate of drug-likeness (QED) is 0.575. The van der Waals surface area contributed by atoms with Gasteiger partial charge in [-0.25, -0.2) is 26.5 Å². The Labute approximate surface area is 183 Å². The molecule has 0 unspecified atom stereocenters. The van der Waals surface area contributed by atoms with Crippen molar-refractivity contribution in [3.63, 3.8) is 0 Å². The molecule has 1 aliphatic heterocycles. The van der Waals surface area contributed by atoms with Gasteiger partial charge in [0.2, 0.25) is 21.8 Å². The smallest absolute Gasteiger partial charge is 0.224 e. The molecule has 1 fully saturated rings. The number of ketones is 1. The predicted octanol–water partition coefficient (Wildman–Crippen LogP) is 1.42. The summed E-state index contributed by atoms with van der Waals surface area (Å²) in [6, 6.07) is 0.673. The topological polar surface area (TPSA) is 137 Å². The van der Waals surface area contributed by atoms with Gasteiger partial charge in [-0.15, -0.1) is 0 Å². The van der Waals surface area contributed by atoms with Crippen molar-refractivity contribution in [2.24, 2.45) is 0 Å². The average molecular weight is 471 g/mol. The van der Waals surface area contributed by atoms with Crippen molar-refractivity contribution in [3.05, 3.63) is 35.0 Å². The van der Waals surface area contributed by atoms with Gasteiger partial charge >= 0.3 is 0 Å². The summed E-state index contributed by atoms with van der Waals surface area (Å²) in [7, 11) is -0.835. The number of hydrogen-bond acceptors (Lipinski definition) is 9. The first kappa shape index (κ1) is 23.6. The highest BCUT2D eigenvalue weighted by Gasteiger charge is 2.29. The fourth-order valence-electron chi connectivity index (χ4n) is 3.43. The van der Waals surface area contributed by atoms with Crippen LogP contribution in [0.3, 0.4) is 0 Å². The zero-order valence-electron chi connectivity index (χ0n) is 17.7. The van der Waals surface area contributed by atoms with Crippen molar-refractivity contribution in [3.8, 4) is 11.5 Å². The molecule has 1 aromatic heterocycles. The number of hydrogen-bond donors (Lipinski definition) is 2. The number of carbonyl (C=O) groups is 1. The summed E-state index contributed by atoms with van der Waals surface area (Å²) in [6.07, 6.45) is 3.33. The van der Waals surface area contributed by atoms with E-state index < -0.39 is 33.0 Å². The molecular formula is C19H23F2N5O5S. The number of ether oxygens (including phenoxy) is 2. The van der Waals surface area contributed by atoms with Gasteiger partial charge in [-0.2, -0.15) is 4.98 Å². The lowest BCUT2D eigenvalue weighted by Gasteiger charge is -2.30. The lowest BCUT2D eigenvalue weighted by molar-refractivity contribution is 0.103. The number of rotatable bonds is 7. The first-order chi connectivity index (χ1) is 15.1. The van der Waals surface area contributed by atoms with Gasteiger partial charge in [0, 0.05) is 31.4 Å². The maximum absolute atomic E-state index is 14.5. The molecule has 2 aromatic rings. The fraction of sp³-hybridized carbons (Fsp3) is 0.421. The van der Waals surface area contributed by atoms with Gasteiger partial charge in [-0.05, 0) is 12.8 Å². The lowest BCUT2D eigenvalue weighted by atomic mass is 10.0. The Hall–Kier alpha value is -3.06. The molecule has 1 aromatic carbocycles. The van der Waals surface area contributed by atoms with Crippen molar-refractivity contribution in [2.75, 3.05) is 44.6 Å². The van der Waals surface area contributed by atoms with E-state index >= 15 is 0 Å². The summed E-state index contributed by atoms with van der Waals surface area (Å²) in [6.45, 7) is 0.700. The van der Waals surface area contributed by atoms with Crippen LogP contribution in [0.1, 0.15) is 28.8 Å². The molecule has 3 N–H and O–H groups in total. The second-order valence-corrected chi connectivity index (χ2v) is 9.17. The van der Waals surface area contributed by atoms with Gasteiger partial charge in [0.1, 0.15) is 11.4 Å². The summed E-state index contributed by atoms with van der Waals surface area (Å²) in [5.74, 6) is -4.23. The summed E-state index contributed by atoms with van der Waals surface area (Å²) in [4.78, 5) is 21.0. The second-order valence-electron chi connectivity index (χ2n) is 7.19. The van der Waals surface area contributed by atoms with E-state index in [9.17, 15) is 22.0 Å². The van der Waals surface area contributed by atoms with E-state index in [2.05, 4.69) is 15.3 Å². The third-order valence-electron chi connectivity index (χ3n) is 5.11. The number of aromatic nitrogens is 2. The molecule has 0 amide bonds. The normalized spacial score (nSPS) is 15.4. The molecule has 1 saturated heterocycles. The van der Waals surface area contributed by atoms with Crippen molar-refractivity contribution in [1.82, 2.24) is 14.3 Å². The SMILES string of the molecule is COc1cc(F)c(F)c(C(=O)c2cnc(NC3CCN(S(C)(=O)=O)CC3)nc2N)c1OC. The fourth-order valence-corrected chi connectivity index (χ4v) is 4.31. The molecule has 10 nitrogen and oxygen atoms in total. The van der Waals surface area contributed by atoms with Crippen LogP contribution >= 0.6 is 0 Å². The van der Waals surface area contributed by atoms with Crippen LogP contribution in [0.5, 0.6) is 11.5 Å². The summed E-state index contributed by atoms with van der Waals surface area (Å²) in [5, 5.41) is 3.05. The molecule has 3 rings (SSSR count). The molecule has 0 bridgehead atoms. The van der Waals surface area contributed by atoms with E-state index in [0.29, 0.717) is 25.9 Å². The van der Waals surface area contributed by atoms with E-state index in [1.165, 1.54) is 18.5 Å². The van der Waals surface area contributed by atoms with Crippen LogP contribution in [0, 0.1) is 11.6 Å². The van der Waals surface area contributed by atoms with E-state index in [-0.39, 0.29) is 34.9 Å². The Morgan fingerprint density at radius 3 is 2.44 bits per heavy atom. The van der Waals surface area contributed by atoms with Gasteiger partial charge in [0.05, 0.1) is 26.0 Å². The Morgan fingerprint density at radius 1 is 1.25 bits per heavy atom. The van der Waals surface area contributed by atoms with E-state index in [1.54, 1.807) is 0 Å². The molecule has 0 spiro atoms. The first-order valence-electron chi connectivity index (χ1n) is 9.55. The number of nitrogens with two attached hydrogens (primary N) is 1. The number of piperidine rings is 1. The first-order valence-corrected chi connectivity index (χ1v) is 11.4. The highest BCUT2D eigenvalue weighted by atomic mass is 32.2. The standard InChI is InChI=1S/C19H23F2N5O5S/c1-30-13-8-12(20)15(21)14(17(13)31-2)16(27)11-9-23-19(25-18(11)22)24-10-4-6-26(7-5-10)32(3,28)29/h8-10H,4-7H2,1-3H3,(H3,22,23,24,25). The van der Waals surface area contributed by atoms with Crippen LogP contribution in [0.4, 0.5) is 20.5 Å². The van der Waals surface area contributed by atoms with Crippen LogP contribution in [0.15, 0.2) is 12.3 Å². The van der Waals surface area contributed by atoms with Crippen molar-refractivity contribution in [1.29, 1.82) is 0 Å². The molecule has 2 heterocycles. The number of anilines is 2. The molecule has 0 atom stereocenters. The van der Waals surface area contributed by atoms with Crippen molar-refractivity contribution >= 4 is 27.6 Å². The highest BCUT2D eigenvalue weighted by Crippen LogP contribution is 2.36. The molecule has 13 heteroatoms. The molecule has 0 saturated carbocycles. The maximum atomic E-state index is 14.5. The van der Waals surface area contributed by atoms with Crippen molar-refractivity contribution < 1.29 is 31.5 Å². The van der Waals surface area contributed by atoms with Gasteiger partial charge in [-0.1, -0.05) is 0 Å². The average Bonchev–Trinajstić information content (AvgIpc) is 2.74. The van der Waals surface area contributed by atoms with E-state index in [1.807, 2.05) is 0 Å². The molecule has 1 aliphatic rings. The number of nitrogen functional groups attached to an aromatic ring is 1. The van der Waals surface area contributed by atoms with Gasteiger partial charge in [0.15, 0.2) is 23.1 Å². The summed E-state index contributed by atoms with van der Waals surface area (Å²) in [5.41, 5.74) is 4.98. The minimum Gasteiger partial charge on any atom is -0.493 e. The molecule has 32 heavy (non-hydrogen) atoms. The predicted molar refractivity (Wildman–Crippen MR) is 112 cm³/mol. The van der Waals surface area contributed by atoms with Gasteiger partial charge in [-0.3, -0.25) is 4.79 Å². The number of sulfonamides is 1. The Balaban J connectivity index is 1.82. The van der Waals surface area contributed by atoms with Gasteiger partial charge in [0.25, 0.3) is 0 Å². The third kappa shape index (κ3) is 4.72. The van der Waals surface area contributed by atoms with E-state index in [0.717, 1.165) is 18.5 Å². The van der Waals surface area contributed by atoms with Crippen LogP contribution in [0.2, 0.25) is 0 Å². The lowest BCUT2D eigenvalue weighted by Crippen LogP contribution is -2.42. The Kier molecular flexibility index (Phi) is 6.79. The number of halogens is 2. The monoisotopic (exact) mass is 471 g/mol. The Bertz CT molecular complexity index is 1140. The van der Waals surface area contributed by atoms with Crippen LogP contribution < -0.4 is 20.5 Å². The largest absolute Gasteiger partial charge is 0.493 e. The molecule has 0 aliphatic carbocycles. The van der Waals surface area contributed by atoms with Crippen LogP contribution in [-0.2, 0) is 10.0 Å². The molecule has 0 radical (unpaired) electrons. The van der Waals surface area contributed by atoms with E-state index in [4.69, 9.17) is 15.2 Å². The number of carbonyl (C=O) groups excluding carboxylic acids is 1. The number of nitrogens with one attached hydrogen (secondary N) is 1. The van der Waals surface area contributed by atoms with Crippen LogP contribution in [0.25, 0.3) is 0 Å². The third-order valence-corrected chi connectivity index (χ3v) is 6.41. The van der Waals surface area contributed by atoms with Crippen LogP contribution in [-0.4, -0.2) is 68.1 Å².